The molecule has 0 aliphatic heterocycles. The zero-order valence-corrected chi connectivity index (χ0v) is 8.51. The number of aromatic nitrogens is 1. The fraction of sp³-hybridized carbons (Fsp3) is 0.375. The van der Waals surface area contributed by atoms with Gasteiger partial charge in [-0.25, -0.2) is 4.98 Å². The number of hydrogen-bond donors (Lipinski definition) is 3. The Labute approximate surface area is 90.5 Å². The van der Waals surface area contributed by atoms with Crippen LogP contribution in [0.2, 0.25) is 0 Å². The van der Waals surface area contributed by atoms with Crippen molar-refractivity contribution in [3.63, 3.8) is 0 Å². The molecule has 0 aliphatic carbocycles. The molecule has 4 N–H and O–H groups in total. The number of nitrogens with zero attached hydrogens (tertiary/aromatic N) is 1. The lowest BCUT2D eigenvalue weighted by molar-refractivity contribution is -0.402. The van der Waals surface area contributed by atoms with Gasteiger partial charge in [0, 0.05) is 12.5 Å². The first kappa shape index (κ1) is 14.1. The third-order valence-electron chi connectivity index (χ3n) is 1.82. The number of H-pyrrole nitrogens is 1. The Kier molecular flexibility index (Phi) is 5.75. The highest BCUT2D eigenvalue weighted by Crippen LogP contribution is 2.21. The molecule has 0 unspecified atom stereocenters. The third-order valence-corrected chi connectivity index (χ3v) is 1.82. The molecule has 0 spiro atoms. The molecule has 0 saturated carbocycles. The molecule has 1 rings (SSSR count). The summed E-state index contributed by atoms with van der Waals surface area (Å²) in [4.78, 5) is 11.0. The molecule has 1 heterocycles. The Morgan fingerprint density at radius 2 is 1.88 bits per heavy atom. The van der Waals surface area contributed by atoms with Crippen LogP contribution in [-0.2, 0) is 13.2 Å². The van der Waals surface area contributed by atoms with Gasteiger partial charge in [-0.15, -0.1) is 0 Å². The first-order chi connectivity index (χ1) is 7.43. The maximum atomic E-state index is 9.41. The van der Waals surface area contributed by atoms with Crippen molar-refractivity contribution < 1.29 is 25.4 Å². The van der Waals surface area contributed by atoms with Crippen molar-refractivity contribution >= 4 is 0 Å². The van der Waals surface area contributed by atoms with E-state index in [1.807, 2.05) is 0 Å². The predicted octanol–water partition coefficient (Wildman–Crippen LogP) is -0.740. The molecule has 0 atom stereocenters. The Morgan fingerprint density at radius 3 is 2.25 bits per heavy atom. The molecular weight excluding hydrogens is 220 g/mol. The number of aromatic amines is 1. The smallest absolute Gasteiger partial charge is 0.219 e. The van der Waals surface area contributed by atoms with Crippen LogP contribution in [-0.4, -0.2) is 20.4 Å². The second kappa shape index (κ2) is 6.53. The topological polar surface area (TPSA) is 141 Å². The molecule has 1 aromatic heterocycles. The lowest BCUT2D eigenvalue weighted by Crippen LogP contribution is -2.11. The largest absolute Gasteiger partial charge is 0.502 e. The Hall–Kier alpha value is -1.93. The van der Waals surface area contributed by atoms with Gasteiger partial charge in [0.15, 0.2) is 11.9 Å². The highest BCUT2D eigenvalue weighted by molar-refractivity contribution is 5.37. The van der Waals surface area contributed by atoms with Gasteiger partial charge in [-0.3, -0.25) is 0 Å². The zero-order valence-electron chi connectivity index (χ0n) is 8.51. The zero-order chi connectivity index (χ0) is 12.7. The van der Waals surface area contributed by atoms with Gasteiger partial charge < -0.3 is 30.6 Å². The molecule has 0 radical (unpaired) electrons. The number of aromatic hydroxyl groups is 1. The van der Waals surface area contributed by atoms with E-state index >= 15 is 0 Å². The normalized spacial score (nSPS) is 9.19. The van der Waals surface area contributed by atoms with Crippen molar-refractivity contribution in [3.8, 4) is 5.75 Å². The Bertz CT molecular complexity index is 364. The summed E-state index contributed by atoms with van der Waals surface area (Å²) in [5.74, 6) is 0.0176. The fourth-order valence-electron chi connectivity index (χ4n) is 1.05. The lowest BCUT2D eigenvalue weighted by Gasteiger charge is -2.03. The number of hydrogen-bond acceptors (Lipinski definition) is 6. The van der Waals surface area contributed by atoms with Crippen molar-refractivity contribution in [2.24, 2.45) is 0 Å². The molecule has 0 bridgehead atoms. The fourth-order valence-corrected chi connectivity index (χ4v) is 1.05. The maximum Gasteiger partial charge on any atom is 0.219 e. The second-order valence-corrected chi connectivity index (χ2v) is 2.81. The molecule has 0 saturated heterocycles. The molecule has 0 aliphatic rings. The van der Waals surface area contributed by atoms with E-state index in [-0.39, 0.29) is 19.0 Å². The SMILES string of the molecule is Cc1[nH+]cc(CO)c(CO)c1O.O=[N+]([O-])[O-]. The van der Waals surface area contributed by atoms with Gasteiger partial charge in [-0.2, -0.15) is 0 Å². The molecular formula is C8H12N2O6. The summed E-state index contributed by atoms with van der Waals surface area (Å²) in [5.41, 5.74) is 1.48. The van der Waals surface area contributed by atoms with Crippen molar-refractivity contribution in [3.05, 3.63) is 38.3 Å². The average Bonchev–Trinajstić information content (AvgIpc) is 2.21. The number of aliphatic hydroxyl groups excluding tert-OH is 2. The number of nitrogens with one attached hydrogen (secondary N) is 1. The van der Waals surface area contributed by atoms with Gasteiger partial charge in [-0.05, 0) is 0 Å². The van der Waals surface area contributed by atoms with Crippen LogP contribution in [0.1, 0.15) is 16.8 Å². The van der Waals surface area contributed by atoms with Crippen LogP contribution < -0.4 is 4.98 Å². The standard InChI is InChI=1S/C8H11NO3.NO3/c1-5-8(12)7(4-11)6(3-10)2-9-5;2-1(3)4/h2,10-12H,3-4H2,1H3;/q;-1/p+1. The van der Waals surface area contributed by atoms with Gasteiger partial charge in [0.25, 0.3) is 0 Å². The van der Waals surface area contributed by atoms with E-state index in [1.165, 1.54) is 0 Å². The van der Waals surface area contributed by atoms with Crippen LogP contribution in [0.3, 0.4) is 0 Å². The summed E-state index contributed by atoms with van der Waals surface area (Å²) in [7, 11) is 0. The Morgan fingerprint density at radius 1 is 1.38 bits per heavy atom. The molecule has 90 valence electrons. The highest BCUT2D eigenvalue weighted by atomic mass is 16.9. The van der Waals surface area contributed by atoms with E-state index in [2.05, 4.69) is 4.98 Å². The summed E-state index contributed by atoms with van der Waals surface area (Å²) in [6, 6.07) is 0. The van der Waals surface area contributed by atoms with E-state index in [0.29, 0.717) is 16.8 Å². The first-order valence-electron chi connectivity index (χ1n) is 4.19. The van der Waals surface area contributed by atoms with Gasteiger partial charge in [0.1, 0.15) is 0 Å². The number of aryl methyl sites for hydroxylation is 1. The van der Waals surface area contributed by atoms with Crippen LogP contribution >= 0.6 is 0 Å². The summed E-state index contributed by atoms with van der Waals surface area (Å²) in [6.07, 6.45) is 1.57. The number of aliphatic hydroxyl groups is 2. The summed E-state index contributed by atoms with van der Waals surface area (Å²) >= 11 is 0. The minimum Gasteiger partial charge on any atom is -0.502 e. The van der Waals surface area contributed by atoms with E-state index < -0.39 is 5.09 Å². The maximum absolute atomic E-state index is 9.41. The first-order valence-corrected chi connectivity index (χ1v) is 4.19. The van der Waals surface area contributed by atoms with Crippen LogP contribution in [0.25, 0.3) is 0 Å². The monoisotopic (exact) mass is 232 g/mol. The minimum atomic E-state index is -1.75. The molecule has 1 aromatic rings. The second-order valence-electron chi connectivity index (χ2n) is 2.81. The molecule has 8 heteroatoms. The minimum absolute atomic E-state index is 0.0176. The van der Waals surface area contributed by atoms with E-state index in [9.17, 15) is 5.11 Å². The van der Waals surface area contributed by atoms with Crippen molar-refractivity contribution in [1.82, 2.24) is 0 Å². The third kappa shape index (κ3) is 4.07. The summed E-state index contributed by atoms with van der Waals surface area (Å²) in [5, 5.41) is 41.8. The van der Waals surface area contributed by atoms with Crippen molar-refractivity contribution in [2.75, 3.05) is 0 Å². The van der Waals surface area contributed by atoms with E-state index in [0.717, 1.165) is 0 Å². The quantitative estimate of drug-likeness (QED) is 0.453. The molecule has 0 aromatic carbocycles. The van der Waals surface area contributed by atoms with Crippen molar-refractivity contribution in [1.29, 1.82) is 0 Å². The van der Waals surface area contributed by atoms with Crippen LogP contribution in [0, 0.1) is 22.2 Å². The molecule has 0 amide bonds. The van der Waals surface area contributed by atoms with Crippen LogP contribution in [0.15, 0.2) is 6.20 Å². The Balaban J connectivity index is 0.000000487. The van der Waals surface area contributed by atoms with Gasteiger partial charge in [-0.1, -0.05) is 0 Å². The van der Waals surface area contributed by atoms with Crippen LogP contribution in [0.5, 0.6) is 5.75 Å². The van der Waals surface area contributed by atoms with Gasteiger partial charge in [0.2, 0.25) is 5.69 Å². The van der Waals surface area contributed by atoms with E-state index in [4.69, 9.17) is 25.5 Å². The number of pyridine rings is 1. The average molecular weight is 232 g/mol. The molecule has 8 nitrogen and oxygen atoms in total. The van der Waals surface area contributed by atoms with Gasteiger partial charge >= 0.3 is 0 Å². The number of rotatable bonds is 2. The van der Waals surface area contributed by atoms with Gasteiger partial charge in [0.05, 0.1) is 23.9 Å². The predicted molar refractivity (Wildman–Crippen MR) is 51.6 cm³/mol. The molecule has 0 fully saturated rings. The summed E-state index contributed by atoms with van der Waals surface area (Å²) < 4.78 is 0. The van der Waals surface area contributed by atoms with Crippen molar-refractivity contribution in [2.45, 2.75) is 20.1 Å². The lowest BCUT2D eigenvalue weighted by atomic mass is 10.1. The highest BCUT2D eigenvalue weighted by Gasteiger charge is 2.13. The van der Waals surface area contributed by atoms with E-state index in [1.54, 1.807) is 13.1 Å². The molecule has 16 heavy (non-hydrogen) atoms. The van der Waals surface area contributed by atoms with Crippen LogP contribution in [0.4, 0.5) is 0 Å². The summed E-state index contributed by atoms with van der Waals surface area (Å²) in [6.45, 7) is 1.23.